The van der Waals surface area contributed by atoms with Crippen LogP contribution >= 0.6 is 0 Å². The number of aromatic nitrogens is 2. The van der Waals surface area contributed by atoms with Crippen molar-refractivity contribution in [2.45, 2.75) is 39.5 Å². The number of hydrogen-bond donors (Lipinski definition) is 1. The Morgan fingerprint density at radius 2 is 2.25 bits per heavy atom. The lowest BCUT2D eigenvalue weighted by Crippen LogP contribution is -2.36. The lowest BCUT2D eigenvalue weighted by Gasteiger charge is -2.14. The van der Waals surface area contributed by atoms with Crippen molar-refractivity contribution in [3.05, 3.63) is 18.5 Å². The molecule has 0 spiro atoms. The van der Waals surface area contributed by atoms with Crippen molar-refractivity contribution in [1.29, 1.82) is 0 Å². The summed E-state index contributed by atoms with van der Waals surface area (Å²) in [6.45, 7) is 6.66. The van der Waals surface area contributed by atoms with E-state index in [0.29, 0.717) is 0 Å². The van der Waals surface area contributed by atoms with Crippen LogP contribution in [-0.4, -0.2) is 34.4 Å². The molecule has 0 saturated heterocycles. The number of esters is 1. The van der Waals surface area contributed by atoms with Gasteiger partial charge in [-0.2, -0.15) is 5.10 Å². The summed E-state index contributed by atoms with van der Waals surface area (Å²) in [5, 5.41) is 7.18. The van der Waals surface area contributed by atoms with E-state index >= 15 is 0 Å². The van der Waals surface area contributed by atoms with Crippen molar-refractivity contribution < 1.29 is 9.53 Å². The Hall–Kier alpha value is -1.36. The molecule has 0 radical (unpaired) electrons. The van der Waals surface area contributed by atoms with Crippen LogP contribution in [0.15, 0.2) is 18.5 Å². The second kappa shape index (κ2) is 6.27. The predicted octanol–water partition coefficient (Wildman–Crippen LogP) is 0.813. The fourth-order valence-corrected chi connectivity index (χ4v) is 1.32. The van der Waals surface area contributed by atoms with E-state index < -0.39 is 0 Å². The van der Waals surface area contributed by atoms with E-state index in [2.05, 4.69) is 10.4 Å². The molecule has 1 N–H and O–H groups in total. The lowest BCUT2D eigenvalue weighted by molar-refractivity contribution is -0.146. The van der Waals surface area contributed by atoms with E-state index in [9.17, 15) is 4.79 Å². The highest BCUT2D eigenvalue weighted by Crippen LogP contribution is 1.92. The van der Waals surface area contributed by atoms with Gasteiger partial charge in [0.25, 0.3) is 0 Å². The van der Waals surface area contributed by atoms with Gasteiger partial charge >= 0.3 is 5.97 Å². The summed E-state index contributed by atoms with van der Waals surface area (Å²) in [7, 11) is 0. The van der Waals surface area contributed by atoms with Crippen LogP contribution in [0.4, 0.5) is 0 Å². The topological polar surface area (TPSA) is 56.2 Å². The number of nitrogens with one attached hydrogen (secondary N) is 1. The highest BCUT2D eigenvalue weighted by Gasteiger charge is 2.08. The zero-order valence-corrected chi connectivity index (χ0v) is 10.0. The molecule has 0 aliphatic rings. The van der Waals surface area contributed by atoms with Gasteiger partial charge in [0.05, 0.1) is 19.2 Å². The molecule has 1 unspecified atom stereocenters. The van der Waals surface area contributed by atoms with E-state index in [-0.39, 0.29) is 24.7 Å². The largest absolute Gasteiger partial charge is 0.462 e. The van der Waals surface area contributed by atoms with Crippen molar-refractivity contribution in [2.75, 3.05) is 6.54 Å². The molecule has 0 aromatic carbocycles. The van der Waals surface area contributed by atoms with Gasteiger partial charge < -0.3 is 10.1 Å². The second-order valence-corrected chi connectivity index (χ2v) is 4.05. The molecule has 0 fully saturated rings. The summed E-state index contributed by atoms with van der Waals surface area (Å²) in [4.78, 5) is 11.3. The van der Waals surface area contributed by atoms with Crippen molar-refractivity contribution in [3.63, 3.8) is 0 Å². The minimum atomic E-state index is -0.220. The molecule has 0 bridgehead atoms. The molecule has 1 aromatic heterocycles. The van der Waals surface area contributed by atoms with Crippen LogP contribution in [0.3, 0.4) is 0 Å². The number of carbonyl (C=O) groups excluding carboxylic acids is 1. The molecule has 5 heteroatoms. The van der Waals surface area contributed by atoms with Gasteiger partial charge in [0, 0.05) is 18.4 Å². The van der Waals surface area contributed by atoms with Gasteiger partial charge in [0.2, 0.25) is 0 Å². The first-order chi connectivity index (χ1) is 7.58. The Bertz CT molecular complexity index is 309. The van der Waals surface area contributed by atoms with Crippen LogP contribution in [0.25, 0.3) is 0 Å². The molecule has 1 atom stereocenters. The molecule has 0 aliphatic carbocycles. The Balaban J connectivity index is 2.20. The monoisotopic (exact) mass is 225 g/mol. The number of hydrogen-bond acceptors (Lipinski definition) is 4. The number of ether oxygens (including phenoxy) is 1. The first-order valence-corrected chi connectivity index (χ1v) is 5.48. The highest BCUT2D eigenvalue weighted by atomic mass is 16.5. The minimum Gasteiger partial charge on any atom is -0.462 e. The van der Waals surface area contributed by atoms with E-state index in [0.717, 1.165) is 6.54 Å². The predicted molar refractivity (Wildman–Crippen MR) is 60.9 cm³/mol. The minimum absolute atomic E-state index is 0.0595. The molecule has 1 aromatic rings. The number of nitrogens with zero attached hydrogens (tertiary/aromatic N) is 2. The fraction of sp³-hybridized carbons (Fsp3) is 0.636. The fourth-order valence-electron chi connectivity index (χ4n) is 1.32. The third-order valence-corrected chi connectivity index (χ3v) is 1.98. The average molecular weight is 225 g/mol. The third kappa shape index (κ3) is 4.93. The quantitative estimate of drug-likeness (QED) is 0.728. The van der Waals surface area contributed by atoms with Crippen molar-refractivity contribution in [3.8, 4) is 0 Å². The zero-order valence-electron chi connectivity index (χ0n) is 10.0. The van der Waals surface area contributed by atoms with Gasteiger partial charge in [0.15, 0.2) is 0 Å². The van der Waals surface area contributed by atoms with Gasteiger partial charge in [-0.15, -0.1) is 0 Å². The summed E-state index contributed by atoms with van der Waals surface area (Å²) in [5.74, 6) is -0.220. The average Bonchev–Trinajstić information content (AvgIpc) is 2.66. The summed E-state index contributed by atoms with van der Waals surface area (Å²) < 4.78 is 6.84. The van der Waals surface area contributed by atoms with Gasteiger partial charge in [-0.05, 0) is 26.8 Å². The molecule has 16 heavy (non-hydrogen) atoms. The number of carbonyl (C=O) groups is 1. The summed E-state index contributed by atoms with van der Waals surface area (Å²) in [6, 6.07) is 2.05. The molecular weight excluding hydrogens is 206 g/mol. The van der Waals surface area contributed by atoms with Crippen LogP contribution in [0.2, 0.25) is 0 Å². The smallest absolute Gasteiger partial charge is 0.320 e. The first kappa shape index (κ1) is 12.7. The third-order valence-electron chi connectivity index (χ3n) is 1.98. The maximum Gasteiger partial charge on any atom is 0.320 e. The van der Waals surface area contributed by atoms with E-state index in [1.54, 1.807) is 6.20 Å². The van der Waals surface area contributed by atoms with Crippen LogP contribution < -0.4 is 5.32 Å². The van der Waals surface area contributed by atoms with Crippen molar-refractivity contribution in [1.82, 2.24) is 15.1 Å². The van der Waals surface area contributed by atoms with E-state index in [4.69, 9.17) is 4.74 Å². The molecule has 5 nitrogen and oxygen atoms in total. The Labute approximate surface area is 95.8 Å². The highest BCUT2D eigenvalue weighted by molar-refractivity contribution is 5.71. The van der Waals surface area contributed by atoms with Crippen LogP contribution in [0.1, 0.15) is 20.8 Å². The van der Waals surface area contributed by atoms with Crippen molar-refractivity contribution >= 4 is 5.97 Å². The molecule has 1 heterocycles. The molecule has 90 valence electrons. The second-order valence-electron chi connectivity index (χ2n) is 4.05. The normalized spacial score (nSPS) is 12.8. The summed E-state index contributed by atoms with van der Waals surface area (Å²) >= 11 is 0. The van der Waals surface area contributed by atoms with Crippen LogP contribution in [0, 0.1) is 0 Å². The lowest BCUT2D eigenvalue weighted by atomic mass is 10.3. The molecule has 1 rings (SSSR count). The molecule has 0 aliphatic heterocycles. The van der Waals surface area contributed by atoms with Gasteiger partial charge in [-0.1, -0.05) is 0 Å². The maximum atomic E-state index is 11.3. The standard InChI is InChI=1S/C11H19N3O2/c1-9(2)16-11(15)7-12-10(3)8-14-6-4-5-13-14/h4-6,9-10,12H,7-8H2,1-3H3. The van der Waals surface area contributed by atoms with Crippen molar-refractivity contribution in [2.24, 2.45) is 0 Å². The zero-order chi connectivity index (χ0) is 12.0. The van der Waals surface area contributed by atoms with Crippen LogP contribution in [-0.2, 0) is 16.1 Å². The van der Waals surface area contributed by atoms with Crippen LogP contribution in [0.5, 0.6) is 0 Å². The Kier molecular flexibility index (Phi) is 4.98. The van der Waals surface area contributed by atoms with E-state index in [1.807, 2.05) is 37.7 Å². The maximum absolute atomic E-state index is 11.3. The van der Waals surface area contributed by atoms with Gasteiger partial charge in [0.1, 0.15) is 0 Å². The summed E-state index contributed by atoms with van der Waals surface area (Å²) in [6.07, 6.45) is 3.57. The first-order valence-electron chi connectivity index (χ1n) is 5.48. The summed E-state index contributed by atoms with van der Waals surface area (Å²) in [5.41, 5.74) is 0. The molecule has 0 saturated carbocycles. The number of rotatable bonds is 6. The molecular formula is C11H19N3O2. The van der Waals surface area contributed by atoms with Gasteiger partial charge in [-0.25, -0.2) is 0 Å². The molecule has 0 amide bonds. The Morgan fingerprint density at radius 1 is 1.50 bits per heavy atom. The Morgan fingerprint density at radius 3 is 2.81 bits per heavy atom. The van der Waals surface area contributed by atoms with Gasteiger partial charge in [-0.3, -0.25) is 9.48 Å². The van der Waals surface area contributed by atoms with E-state index in [1.165, 1.54) is 0 Å². The SMILES string of the molecule is CC(Cn1cccn1)NCC(=O)OC(C)C.